The highest BCUT2D eigenvalue weighted by Crippen LogP contribution is 2.17. The van der Waals surface area contributed by atoms with Crippen molar-refractivity contribution in [2.75, 3.05) is 5.32 Å². The van der Waals surface area contributed by atoms with Crippen LogP contribution in [0.4, 0.5) is 9.52 Å². The van der Waals surface area contributed by atoms with Gasteiger partial charge in [0.25, 0.3) is 5.91 Å². The summed E-state index contributed by atoms with van der Waals surface area (Å²) >= 11 is 1.33. The Balaban J connectivity index is 1.78. The predicted molar refractivity (Wildman–Crippen MR) is 87.9 cm³/mol. The summed E-state index contributed by atoms with van der Waals surface area (Å²) in [6.45, 7) is 3.77. The summed E-state index contributed by atoms with van der Waals surface area (Å²) in [5, 5.41) is 16.0. The molecule has 1 N–H and O–H groups in total. The largest absolute Gasteiger partial charge is 0.297 e. The third kappa shape index (κ3) is 3.46. The van der Waals surface area contributed by atoms with Gasteiger partial charge in [-0.1, -0.05) is 18.3 Å². The minimum atomic E-state index is -0.460. The number of halogens is 1. The van der Waals surface area contributed by atoms with Crippen molar-refractivity contribution in [3.63, 3.8) is 0 Å². The van der Waals surface area contributed by atoms with Crippen LogP contribution >= 0.6 is 11.3 Å². The number of carbonyl (C=O) groups is 1. The molecule has 0 spiro atoms. The lowest BCUT2D eigenvalue weighted by Gasteiger charge is -2.01. The van der Waals surface area contributed by atoms with Crippen molar-refractivity contribution in [2.45, 2.75) is 26.7 Å². The van der Waals surface area contributed by atoms with Gasteiger partial charge in [0, 0.05) is 6.42 Å². The van der Waals surface area contributed by atoms with Crippen molar-refractivity contribution in [2.24, 2.45) is 0 Å². The summed E-state index contributed by atoms with van der Waals surface area (Å²) < 4.78 is 14.5. The molecular weight excluding hydrogens is 331 g/mol. The fourth-order valence-electron chi connectivity index (χ4n) is 2.09. The van der Waals surface area contributed by atoms with Crippen molar-refractivity contribution < 1.29 is 9.18 Å². The Labute approximate surface area is 141 Å². The summed E-state index contributed by atoms with van der Waals surface area (Å²) in [6.07, 6.45) is 1.79. The molecule has 3 aromatic rings. The highest BCUT2D eigenvalue weighted by molar-refractivity contribution is 7.15. The molecule has 0 aliphatic heterocycles. The van der Waals surface area contributed by atoms with E-state index in [0.717, 1.165) is 17.8 Å². The average molecular weight is 346 g/mol. The Hall–Kier alpha value is -2.68. The van der Waals surface area contributed by atoms with E-state index in [2.05, 4.69) is 32.5 Å². The Bertz CT molecular complexity index is 857. The molecule has 0 aliphatic rings. The van der Waals surface area contributed by atoms with E-state index in [1.807, 2.05) is 0 Å². The second-order valence-corrected chi connectivity index (χ2v) is 6.14. The number of nitrogens with zero attached hydrogens (tertiary/aromatic N) is 5. The molecule has 2 aromatic heterocycles. The lowest BCUT2D eigenvalue weighted by Crippen LogP contribution is -2.14. The third-order valence-corrected chi connectivity index (χ3v) is 4.09. The van der Waals surface area contributed by atoms with Crippen molar-refractivity contribution in [3.8, 4) is 5.69 Å². The zero-order chi connectivity index (χ0) is 17.1. The Morgan fingerprint density at radius 1 is 1.29 bits per heavy atom. The molecule has 0 unspecified atom stereocenters. The van der Waals surface area contributed by atoms with Gasteiger partial charge < -0.3 is 0 Å². The molecule has 0 bridgehead atoms. The highest BCUT2D eigenvalue weighted by atomic mass is 32.1. The molecule has 0 fully saturated rings. The first-order valence-corrected chi connectivity index (χ1v) is 8.22. The molecule has 0 atom stereocenters. The van der Waals surface area contributed by atoms with Gasteiger partial charge in [0.05, 0.1) is 5.69 Å². The molecule has 0 aliphatic carbocycles. The van der Waals surface area contributed by atoms with Crippen LogP contribution in [-0.4, -0.2) is 30.9 Å². The lowest BCUT2D eigenvalue weighted by molar-refractivity contribution is 0.101. The van der Waals surface area contributed by atoms with Gasteiger partial charge in [-0.05, 0) is 37.6 Å². The molecule has 0 saturated heterocycles. The smallest absolute Gasteiger partial charge is 0.294 e. The Morgan fingerprint density at radius 2 is 2.04 bits per heavy atom. The summed E-state index contributed by atoms with van der Waals surface area (Å²) in [5.41, 5.74) is 0.626. The minimum absolute atomic E-state index is 0.0177. The fraction of sp³-hybridized carbons (Fsp3) is 0.267. The van der Waals surface area contributed by atoms with Crippen LogP contribution in [0.1, 0.15) is 34.8 Å². The summed E-state index contributed by atoms with van der Waals surface area (Å²) in [5.74, 6) is -0.258. The van der Waals surface area contributed by atoms with Crippen LogP contribution in [0.5, 0.6) is 0 Å². The van der Waals surface area contributed by atoms with Crippen LogP contribution < -0.4 is 5.32 Å². The molecule has 7 nitrogen and oxygen atoms in total. The second kappa shape index (κ2) is 6.83. The van der Waals surface area contributed by atoms with Crippen molar-refractivity contribution in [1.29, 1.82) is 0 Å². The van der Waals surface area contributed by atoms with Gasteiger partial charge in [-0.3, -0.25) is 10.1 Å². The summed E-state index contributed by atoms with van der Waals surface area (Å²) in [4.78, 5) is 16.4. The van der Waals surface area contributed by atoms with Gasteiger partial charge in [0.15, 0.2) is 0 Å². The molecular formula is C15H15FN6OS. The molecule has 0 radical (unpaired) electrons. The lowest BCUT2D eigenvalue weighted by atomic mass is 10.3. The van der Waals surface area contributed by atoms with Crippen molar-refractivity contribution in [3.05, 3.63) is 46.7 Å². The van der Waals surface area contributed by atoms with Gasteiger partial charge in [0.2, 0.25) is 11.0 Å². The molecule has 2 heterocycles. The number of rotatable bonds is 5. The zero-order valence-electron chi connectivity index (χ0n) is 13.2. The topological polar surface area (TPSA) is 85.6 Å². The van der Waals surface area contributed by atoms with Crippen LogP contribution in [0.3, 0.4) is 0 Å². The standard InChI is InChI=1S/C15H15FN6OS/c1-3-4-12-19-20-15(24-12)18-14(23)13-17-9(2)22(21-13)11-7-5-10(16)6-8-11/h5-8H,3-4H2,1-2H3,(H,18,20,23). The van der Waals surface area contributed by atoms with E-state index in [1.54, 1.807) is 19.1 Å². The van der Waals surface area contributed by atoms with Crippen LogP contribution in [0.2, 0.25) is 0 Å². The molecule has 9 heteroatoms. The number of nitrogens with one attached hydrogen (secondary N) is 1. The van der Waals surface area contributed by atoms with Gasteiger partial charge in [0.1, 0.15) is 16.6 Å². The van der Waals surface area contributed by atoms with E-state index in [4.69, 9.17) is 0 Å². The Morgan fingerprint density at radius 3 is 2.75 bits per heavy atom. The summed E-state index contributed by atoms with van der Waals surface area (Å²) in [7, 11) is 0. The molecule has 0 saturated carbocycles. The number of hydrogen-bond donors (Lipinski definition) is 1. The van der Waals surface area contributed by atoms with Crippen molar-refractivity contribution >= 4 is 22.4 Å². The van der Waals surface area contributed by atoms with Crippen LogP contribution in [0.25, 0.3) is 5.69 Å². The normalized spacial score (nSPS) is 10.8. The quantitative estimate of drug-likeness (QED) is 0.768. The molecule has 124 valence electrons. The maximum Gasteiger partial charge on any atom is 0.297 e. The van der Waals surface area contributed by atoms with Gasteiger partial charge in [-0.2, -0.15) is 0 Å². The van der Waals surface area contributed by atoms with E-state index in [9.17, 15) is 9.18 Å². The van der Waals surface area contributed by atoms with Crippen molar-refractivity contribution in [1.82, 2.24) is 25.0 Å². The number of carbonyl (C=O) groups excluding carboxylic acids is 1. The summed E-state index contributed by atoms with van der Waals surface area (Å²) in [6, 6.07) is 5.79. The zero-order valence-corrected chi connectivity index (χ0v) is 14.0. The molecule has 3 rings (SSSR count). The van der Waals surface area contributed by atoms with Gasteiger partial charge in [-0.15, -0.1) is 15.3 Å². The maximum atomic E-state index is 13.0. The van der Waals surface area contributed by atoms with Crippen LogP contribution in [0.15, 0.2) is 24.3 Å². The minimum Gasteiger partial charge on any atom is -0.294 e. The third-order valence-electron chi connectivity index (χ3n) is 3.19. The monoisotopic (exact) mass is 346 g/mol. The fourth-order valence-corrected chi connectivity index (χ4v) is 2.92. The number of aromatic nitrogens is 5. The van der Waals surface area contributed by atoms with Gasteiger partial charge in [-0.25, -0.2) is 14.1 Å². The number of benzene rings is 1. The van der Waals surface area contributed by atoms with E-state index < -0.39 is 5.91 Å². The first-order chi connectivity index (χ1) is 11.6. The predicted octanol–water partition coefficient (Wildman–Crippen LogP) is 2.77. The molecule has 1 aromatic carbocycles. The number of anilines is 1. The second-order valence-electron chi connectivity index (χ2n) is 5.08. The van der Waals surface area contributed by atoms with Crippen LogP contribution in [-0.2, 0) is 6.42 Å². The highest BCUT2D eigenvalue weighted by Gasteiger charge is 2.17. The first kappa shape index (κ1) is 16.2. The first-order valence-electron chi connectivity index (χ1n) is 7.40. The van der Waals surface area contributed by atoms with Gasteiger partial charge >= 0.3 is 0 Å². The van der Waals surface area contributed by atoms with E-state index in [1.165, 1.54) is 28.2 Å². The van der Waals surface area contributed by atoms with E-state index in [0.29, 0.717) is 16.6 Å². The SMILES string of the molecule is CCCc1nnc(NC(=O)c2nc(C)n(-c3ccc(F)cc3)n2)s1. The number of amides is 1. The maximum absolute atomic E-state index is 13.0. The average Bonchev–Trinajstić information content (AvgIpc) is 3.15. The Kier molecular flexibility index (Phi) is 4.61. The molecule has 24 heavy (non-hydrogen) atoms. The number of aryl methyl sites for hydroxylation is 2. The number of hydrogen-bond acceptors (Lipinski definition) is 6. The van der Waals surface area contributed by atoms with E-state index in [-0.39, 0.29) is 11.6 Å². The van der Waals surface area contributed by atoms with Crippen LogP contribution in [0, 0.1) is 12.7 Å². The van der Waals surface area contributed by atoms with E-state index >= 15 is 0 Å². The molecule has 1 amide bonds.